The second kappa shape index (κ2) is 6.38. The summed E-state index contributed by atoms with van der Waals surface area (Å²) in [6, 6.07) is 9.86. The molecule has 0 aliphatic heterocycles. The van der Waals surface area contributed by atoms with Crippen molar-refractivity contribution in [3.63, 3.8) is 0 Å². The summed E-state index contributed by atoms with van der Waals surface area (Å²) in [5, 5.41) is 7.80. The number of nitrogens with one attached hydrogen (secondary N) is 2. The van der Waals surface area contributed by atoms with Gasteiger partial charge in [0.25, 0.3) is 0 Å². The molecule has 0 aliphatic carbocycles. The highest BCUT2D eigenvalue weighted by Crippen LogP contribution is 2.17. The molecule has 0 bridgehead atoms. The van der Waals surface area contributed by atoms with Gasteiger partial charge in [0, 0.05) is 17.1 Å². The predicted molar refractivity (Wildman–Crippen MR) is 81.0 cm³/mol. The number of rotatable bonds is 4. The van der Waals surface area contributed by atoms with E-state index in [1.165, 1.54) is 10.4 Å². The summed E-state index contributed by atoms with van der Waals surface area (Å²) >= 11 is 1.71. The molecule has 0 aliphatic rings. The predicted octanol–water partition coefficient (Wildman–Crippen LogP) is 3.73. The fourth-order valence-electron chi connectivity index (χ4n) is 1.81. The van der Waals surface area contributed by atoms with Crippen LogP contribution in [0.4, 0.5) is 10.5 Å². The van der Waals surface area contributed by atoms with Crippen LogP contribution < -0.4 is 10.6 Å². The van der Waals surface area contributed by atoms with Gasteiger partial charge in [-0.1, -0.05) is 18.2 Å². The highest BCUT2D eigenvalue weighted by molar-refractivity contribution is 7.09. The molecular weight excluding hydrogens is 256 g/mol. The van der Waals surface area contributed by atoms with Gasteiger partial charge in [0.2, 0.25) is 0 Å². The van der Waals surface area contributed by atoms with Crippen LogP contribution >= 0.6 is 11.3 Å². The lowest BCUT2D eigenvalue weighted by Crippen LogP contribution is -2.30. The smallest absolute Gasteiger partial charge is 0.319 e. The number of hydrogen-bond acceptors (Lipinski definition) is 2. The van der Waals surface area contributed by atoms with Gasteiger partial charge in [-0.05, 0) is 48.9 Å². The average Bonchev–Trinajstić information content (AvgIpc) is 2.88. The lowest BCUT2D eigenvalue weighted by atomic mass is 10.1. The van der Waals surface area contributed by atoms with Crippen LogP contribution in [0, 0.1) is 13.8 Å². The Morgan fingerprint density at radius 1 is 1.21 bits per heavy atom. The van der Waals surface area contributed by atoms with Gasteiger partial charge >= 0.3 is 6.03 Å². The molecule has 0 fully saturated rings. The Balaban J connectivity index is 1.82. The maximum absolute atomic E-state index is 11.8. The molecule has 4 heteroatoms. The Hall–Kier alpha value is -1.81. The van der Waals surface area contributed by atoms with Gasteiger partial charge in [-0.2, -0.15) is 0 Å². The van der Waals surface area contributed by atoms with Gasteiger partial charge in [-0.3, -0.25) is 0 Å². The van der Waals surface area contributed by atoms with Crippen molar-refractivity contribution >= 4 is 23.1 Å². The van der Waals surface area contributed by atoms with Gasteiger partial charge in [0.05, 0.1) is 0 Å². The van der Waals surface area contributed by atoms with Crippen molar-refractivity contribution in [3.8, 4) is 0 Å². The quantitative estimate of drug-likeness (QED) is 0.876. The van der Waals surface area contributed by atoms with Gasteiger partial charge < -0.3 is 10.6 Å². The van der Waals surface area contributed by atoms with Crippen LogP contribution in [0.3, 0.4) is 0 Å². The molecule has 2 rings (SSSR count). The number of amides is 2. The second-order valence-electron chi connectivity index (χ2n) is 4.46. The summed E-state index contributed by atoms with van der Waals surface area (Å²) in [6.45, 7) is 4.70. The Kier molecular flexibility index (Phi) is 4.58. The lowest BCUT2D eigenvalue weighted by Gasteiger charge is -2.11. The molecule has 3 nitrogen and oxygen atoms in total. The van der Waals surface area contributed by atoms with Gasteiger partial charge in [0.15, 0.2) is 0 Å². The molecule has 0 unspecified atom stereocenters. The molecule has 1 aromatic heterocycles. The standard InChI is InChI=1S/C15H18N2OS/c1-11-5-3-7-14(12(11)2)17-15(18)16-9-8-13-6-4-10-19-13/h3-7,10H,8-9H2,1-2H3,(H2,16,17,18). The number of benzene rings is 1. The Morgan fingerprint density at radius 2 is 2.05 bits per heavy atom. The van der Waals surface area contributed by atoms with Crippen molar-refractivity contribution in [1.82, 2.24) is 5.32 Å². The van der Waals surface area contributed by atoms with Crippen molar-refractivity contribution in [2.24, 2.45) is 0 Å². The van der Waals surface area contributed by atoms with E-state index in [0.29, 0.717) is 6.54 Å². The lowest BCUT2D eigenvalue weighted by molar-refractivity contribution is 0.252. The van der Waals surface area contributed by atoms with Crippen molar-refractivity contribution in [2.75, 3.05) is 11.9 Å². The van der Waals surface area contributed by atoms with Crippen LogP contribution in [0.15, 0.2) is 35.7 Å². The fraction of sp³-hybridized carbons (Fsp3) is 0.267. The molecule has 0 spiro atoms. The molecule has 2 N–H and O–H groups in total. The number of urea groups is 1. The number of carbonyl (C=O) groups excluding carboxylic acids is 1. The van der Waals surface area contributed by atoms with E-state index in [4.69, 9.17) is 0 Å². The number of aryl methyl sites for hydroxylation is 1. The fourth-order valence-corrected chi connectivity index (χ4v) is 2.52. The van der Waals surface area contributed by atoms with Crippen molar-refractivity contribution in [2.45, 2.75) is 20.3 Å². The topological polar surface area (TPSA) is 41.1 Å². The minimum absolute atomic E-state index is 0.148. The molecule has 0 radical (unpaired) electrons. The van der Waals surface area contributed by atoms with E-state index in [2.05, 4.69) is 16.7 Å². The molecule has 0 saturated heterocycles. The first-order valence-electron chi connectivity index (χ1n) is 6.30. The van der Waals surface area contributed by atoms with E-state index in [0.717, 1.165) is 17.7 Å². The molecule has 0 saturated carbocycles. The van der Waals surface area contributed by atoms with Gasteiger partial charge in [-0.25, -0.2) is 4.79 Å². The number of carbonyl (C=O) groups is 1. The second-order valence-corrected chi connectivity index (χ2v) is 5.49. The zero-order valence-electron chi connectivity index (χ0n) is 11.2. The Morgan fingerprint density at radius 3 is 2.79 bits per heavy atom. The highest BCUT2D eigenvalue weighted by Gasteiger charge is 2.05. The Labute approximate surface area is 117 Å². The van der Waals surface area contributed by atoms with Crippen LogP contribution in [0.25, 0.3) is 0 Å². The van der Waals surface area contributed by atoms with E-state index in [9.17, 15) is 4.79 Å². The zero-order valence-corrected chi connectivity index (χ0v) is 12.0. The largest absolute Gasteiger partial charge is 0.338 e. The molecule has 2 aromatic rings. The summed E-state index contributed by atoms with van der Waals surface area (Å²) in [5.41, 5.74) is 3.15. The average molecular weight is 274 g/mol. The summed E-state index contributed by atoms with van der Waals surface area (Å²) < 4.78 is 0. The third-order valence-corrected chi connectivity index (χ3v) is 4.03. The molecule has 1 heterocycles. The third-order valence-electron chi connectivity index (χ3n) is 3.09. The minimum Gasteiger partial charge on any atom is -0.338 e. The molecule has 1 aromatic carbocycles. The first kappa shape index (κ1) is 13.6. The molecular formula is C15H18N2OS. The van der Waals surface area contributed by atoms with Crippen molar-refractivity contribution < 1.29 is 4.79 Å². The normalized spacial score (nSPS) is 10.2. The molecule has 100 valence electrons. The highest BCUT2D eigenvalue weighted by atomic mass is 32.1. The van der Waals surface area contributed by atoms with Crippen LogP contribution in [0.1, 0.15) is 16.0 Å². The molecule has 0 atom stereocenters. The third kappa shape index (κ3) is 3.83. The van der Waals surface area contributed by atoms with Crippen molar-refractivity contribution in [1.29, 1.82) is 0 Å². The van der Waals surface area contributed by atoms with E-state index in [1.54, 1.807) is 11.3 Å². The van der Waals surface area contributed by atoms with Crippen LogP contribution in [-0.4, -0.2) is 12.6 Å². The Bertz CT molecular complexity index is 549. The monoisotopic (exact) mass is 274 g/mol. The van der Waals surface area contributed by atoms with Crippen LogP contribution in [0.5, 0.6) is 0 Å². The maximum atomic E-state index is 11.8. The first-order valence-corrected chi connectivity index (χ1v) is 7.18. The van der Waals surface area contributed by atoms with E-state index >= 15 is 0 Å². The molecule has 19 heavy (non-hydrogen) atoms. The summed E-state index contributed by atoms with van der Waals surface area (Å²) in [5.74, 6) is 0. The molecule has 2 amide bonds. The summed E-state index contributed by atoms with van der Waals surface area (Å²) in [7, 11) is 0. The zero-order chi connectivity index (χ0) is 13.7. The van der Waals surface area contributed by atoms with E-state index in [1.807, 2.05) is 43.5 Å². The van der Waals surface area contributed by atoms with Gasteiger partial charge in [0.1, 0.15) is 0 Å². The van der Waals surface area contributed by atoms with Crippen LogP contribution in [0.2, 0.25) is 0 Å². The van der Waals surface area contributed by atoms with Crippen LogP contribution in [-0.2, 0) is 6.42 Å². The number of hydrogen-bond donors (Lipinski definition) is 2. The summed E-state index contributed by atoms with van der Waals surface area (Å²) in [6.07, 6.45) is 0.873. The minimum atomic E-state index is -0.148. The maximum Gasteiger partial charge on any atom is 0.319 e. The summed E-state index contributed by atoms with van der Waals surface area (Å²) in [4.78, 5) is 13.1. The van der Waals surface area contributed by atoms with E-state index in [-0.39, 0.29) is 6.03 Å². The van der Waals surface area contributed by atoms with Gasteiger partial charge in [-0.15, -0.1) is 11.3 Å². The first-order chi connectivity index (χ1) is 9.16. The SMILES string of the molecule is Cc1cccc(NC(=O)NCCc2cccs2)c1C. The van der Waals surface area contributed by atoms with Crippen molar-refractivity contribution in [3.05, 3.63) is 51.7 Å². The number of thiophene rings is 1. The number of anilines is 1. The van der Waals surface area contributed by atoms with E-state index < -0.39 is 0 Å².